The lowest BCUT2D eigenvalue weighted by Gasteiger charge is -2.19. The molecule has 0 bridgehead atoms. The van der Waals surface area contributed by atoms with E-state index < -0.39 is 51.5 Å². The summed E-state index contributed by atoms with van der Waals surface area (Å²) in [5.74, 6) is -2.27. The molecule has 0 radical (unpaired) electrons. The van der Waals surface area contributed by atoms with Crippen LogP contribution in [0.5, 0.6) is 0 Å². The minimum atomic E-state index is -1.16. The number of Topliss-reactive ketones (excluding diaryl/α,β-unsaturated/α-hetero) is 1. The molecule has 1 atom stereocenters. The Morgan fingerprint density at radius 3 is 2.00 bits per heavy atom. The van der Waals surface area contributed by atoms with Gasteiger partial charge in [-0.05, 0) is 12.3 Å². The molecule has 0 saturated carbocycles. The molecule has 0 fully saturated rings. The smallest absolute Gasteiger partial charge is 0.329 e. The number of carbonyl (C=O) groups is 3. The average Bonchev–Trinajstić information content (AvgIpc) is 2.76. The lowest BCUT2D eigenvalue weighted by Crippen LogP contribution is -2.43. The number of ether oxygens (including phenoxy) is 1. The summed E-state index contributed by atoms with van der Waals surface area (Å²) in [6.45, 7) is 3.05. The number of esters is 1. The Hall–Kier alpha value is -4.15. The Kier molecular flexibility index (Phi) is 8.11. The van der Waals surface area contributed by atoms with Crippen molar-refractivity contribution in [1.82, 2.24) is 5.32 Å². The molecular formula is C21H21N3O8. The van der Waals surface area contributed by atoms with Crippen LogP contribution in [0.3, 0.4) is 0 Å². The monoisotopic (exact) mass is 443 g/mol. The SMILES string of the molecule is CC(C)C[C@@H](NC(=O)c1cc([N+](=O)[O-])cc([N+](=O)[O-])c1)C(=O)OCC(=O)c1ccccc1. The van der Waals surface area contributed by atoms with Crippen LogP contribution in [-0.2, 0) is 9.53 Å². The van der Waals surface area contributed by atoms with Gasteiger partial charge in [-0.15, -0.1) is 0 Å². The van der Waals surface area contributed by atoms with E-state index in [2.05, 4.69) is 5.32 Å². The van der Waals surface area contributed by atoms with Crippen molar-refractivity contribution >= 4 is 29.0 Å². The number of nitro benzene ring substituents is 2. The van der Waals surface area contributed by atoms with Crippen LogP contribution in [0.2, 0.25) is 0 Å². The maximum atomic E-state index is 12.6. The van der Waals surface area contributed by atoms with E-state index in [0.717, 1.165) is 18.2 Å². The van der Waals surface area contributed by atoms with Crippen LogP contribution in [-0.4, -0.2) is 40.2 Å². The van der Waals surface area contributed by atoms with Gasteiger partial charge < -0.3 is 10.1 Å². The Labute approximate surface area is 182 Å². The third-order valence-corrected chi connectivity index (χ3v) is 4.32. The van der Waals surface area contributed by atoms with Crippen molar-refractivity contribution in [2.75, 3.05) is 6.61 Å². The lowest BCUT2D eigenvalue weighted by molar-refractivity contribution is -0.394. The largest absolute Gasteiger partial charge is 0.456 e. The third-order valence-electron chi connectivity index (χ3n) is 4.32. The number of nitrogens with zero attached hydrogens (tertiary/aromatic N) is 2. The highest BCUT2D eigenvalue weighted by molar-refractivity contribution is 5.99. The summed E-state index contributed by atoms with van der Waals surface area (Å²) in [6, 6.07) is 9.50. The number of non-ortho nitro benzene ring substituents is 2. The van der Waals surface area contributed by atoms with E-state index >= 15 is 0 Å². The molecule has 0 aliphatic carbocycles. The molecule has 2 aromatic carbocycles. The molecule has 1 N–H and O–H groups in total. The second kappa shape index (κ2) is 10.8. The van der Waals surface area contributed by atoms with Crippen molar-refractivity contribution in [1.29, 1.82) is 0 Å². The molecule has 0 spiro atoms. The van der Waals surface area contributed by atoms with Gasteiger partial charge in [-0.2, -0.15) is 0 Å². The highest BCUT2D eigenvalue weighted by Crippen LogP contribution is 2.23. The number of ketones is 1. The summed E-state index contributed by atoms with van der Waals surface area (Å²) < 4.78 is 5.06. The van der Waals surface area contributed by atoms with Crippen LogP contribution < -0.4 is 5.32 Å². The van der Waals surface area contributed by atoms with Crippen LogP contribution in [0, 0.1) is 26.1 Å². The molecule has 2 aromatic rings. The predicted octanol–water partition coefficient (Wildman–Crippen LogP) is 3.07. The van der Waals surface area contributed by atoms with Gasteiger partial charge in [-0.1, -0.05) is 44.2 Å². The highest BCUT2D eigenvalue weighted by atomic mass is 16.6. The van der Waals surface area contributed by atoms with Gasteiger partial charge in [0.05, 0.1) is 21.5 Å². The summed E-state index contributed by atoms with van der Waals surface area (Å²) in [5, 5.41) is 24.5. The molecule has 11 heteroatoms. The van der Waals surface area contributed by atoms with Crippen LogP contribution in [0.4, 0.5) is 11.4 Å². The molecule has 0 saturated heterocycles. The summed E-state index contributed by atoms with van der Waals surface area (Å²) in [5.41, 5.74) is -1.27. The Morgan fingerprint density at radius 2 is 1.50 bits per heavy atom. The second-order valence-electron chi connectivity index (χ2n) is 7.30. The van der Waals surface area contributed by atoms with Crippen molar-refractivity contribution in [3.05, 3.63) is 79.9 Å². The maximum Gasteiger partial charge on any atom is 0.329 e. The summed E-state index contributed by atoms with van der Waals surface area (Å²) in [7, 11) is 0. The van der Waals surface area contributed by atoms with E-state index in [0.29, 0.717) is 5.56 Å². The zero-order chi connectivity index (χ0) is 23.8. The molecule has 0 aliphatic rings. The molecule has 11 nitrogen and oxygen atoms in total. The lowest BCUT2D eigenvalue weighted by atomic mass is 10.0. The predicted molar refractivity (Wildman–Crippen MR) is 112 cm³/mol. The van der Waals surface area contributed by atoms with Crippen molar-refractivity contribution in [2.45, 2.75) is 26.3 Å². The zero-order valence-electron chi connectivity index (χ0n) is 17.3. The molecular weight excluding hydrogens is 422 g/mol. The van der Waals surface area contributed by atoms with Gasteiger partial charge in [0.2, 0.25) is 0 Å². The topological polar surface area (TPSA) is 159 Å². The Balaban J connectivity index is 2.16. The first-order valence-corrected chi connectivity index (χ1v) is 9.58. The number of hydrogen-bond donors (Lipinski definition) is 1. The van der Waals surface area contributed by atoms with Gasteiger partial charge in [0.25, 0.3) is 17.3 Å². The third kappa shape index (κ3) is 6.69. The Bertz CT molecular complexity index is 1000. The highest BCUT2D eigenvalue weighted by Gasteiger charge is 2.27. The first-order valence-electron chi connectivity index (χ1n) is 9.58. The molecule has 1 amide bonds. The molecule has 0 unspecified atom stereocenters. The van der Waals surface area contributed by atoms with Gasteiger partial charge in [0.15, 0.2) is 12.4 Å². The van der Waals surface area contributed by atoms with Crippen LogP contribution in [0.25, 0.3) is 0 Å². The van der Waals surface area contributed by atoms with Crippen LogP contribution in [0.1, 0.15) is 41.0 Å². The molecule has 0 aliphatic heterocycles. The minimum Gasteiger partial charge on any atom is -0.456 e. The number of hydrogen-bond acceptors (Lipinski definition) is 8. The fourth-order valence-electron chi connectivity index (χ4n) is 2.81. The van der Waals surface area contributed by atoms with Gasteiger partial charge in [-0.25, -0.2) is 4.79 Å². The standard InChI is InChI=1S/C21H21N3O8/c1-13(2)8-18(21(27)32-12-19(25)14-6-4-3-5-7-14)22-20(26)15-9-16(23(28)29)11-17(10-15)24(30)31/h3-7,9-11,13,18H,8,12H2,1-2H3,(H,22,26)/t18-/m1/s1. The van der Waals surface area contributed by atoms with E-state index in [1.165, 1.54) is 0 Å². The summed E-state index contributed by atoms with van der Waals surface area (Å²) >= 11 is 0. The molecule has 2 rings (SSSR count). The number of amides is 1. The van der Waals surface area contributed by atoms with Gasteiger partial charge >= 0.3 is 5.97 Å². The fraction of sp³-hybridized carbons (Fsp3) is 0.286. The summed E-state index contributed by atoms with van der Waals surface area (Å²) in [4.78, 5) is 57.6. The summed E-state index contributed by atoms with van der Waals surface area (Å²) in [6.07, 6.45) is 0.154. The number of nitro groups is 2. The van der Waals surface area contributed by atoms with Gasteiger partial charge in [0.1, 0.15) is 6.04 Å². The van der Waals surface area contributed by atoms with Gasteiger partial charge in [0, 0.05) is 17.7 Å². The van der Waals surface area contributed by atoms with Crippen LogP contribution >= 0.6 is 0 Å². The average molecular weight is 443 g/mol. The quantitative estimate of drug-likeness (QED) is 0.254. The zero-order valence-corrected chi connectivity index (χ0v) is 17.3. The normalized spacial score (nSPS) is 11.5. The number of benzene rings is 2. The maximum absolute atomic E-state index is 12.6. The molecule has 0 aromatic heterocycles. The van der Waals surface area contributed by atoms with E-state index in [1.807, 2.05) is 0 Å². The van der Waals surface area contributed by atoms with Crippen molar-refractivity contribution in [2.24, 2.45) is 5.92 Å². The van der Waals surface area contributed by atoms with Crippen molar-refractivity contribution in [3.63, 3.8) is 0 Å². The first kappa shape index (κ1) is 24.1. The van der Waals surface area contributed by atoms with E-state index in [-0.39, 0.29) is 17.9 Å². The van der Waals surface area contributed by atoms with Crippen molar-refractivity contribution in [3.8, 4) is 0 Å². The van der Waals surface area contributed by atoms with E-state index in [4.69, 9.17) is 4.74 Å². The molecule has 32 heavy (non-hydrogen) atoms. The first-order chi connectivity index (χ1) is 15.1. The number of carbonyl (C=O) groups excluding carboxylic acids is 3. The van der Waals surface area contributed by atoms with E-state index in [1.54, 1.807) is 44.2 Å². The molecule has 168 valence electrons. The molecule has 0 heterocycles. The minimum absolute atomic E-state index is 0.0582. The number of nitrogens with one attached hydrogen (secondary N) is 1. The Morgan fingerprint density at radius 1 is 0.938 bits per heavy atom. The second-order valence-corrected chi connectivity index (χ2v) is 7.30. The number of rotatable bonds is 10. The van der Waals surface area contributed by atoms with E-state index in [9.17, 15) is 34.6 Å². The fourth-order valence-corrected chi connectivity index (χ4v) is 2.81. The van der Waals surface area contributed by atoms with Gasteiger partial charge in [-0.3, -0.25) is 29.8 Å². The van der Waals surface area contributed by atoms with Crippen molar-refractivity contribution < 1.29 is 29.0 Å². The van der Waals surface area contributed by atoms with Crippen LogP contribution in [0.15, 0.2) is 48.5 Å².